The third-order valence-corrected chi connectivity index (χ3v) is 5.19. The van der Waals surface area contributed by atoms with E-state index < -0.39 is 0 Å². The Hall–Kier alpha value is -0.790. The fourth-order valence-electron chi connectivity index (χ4n) is 1.90. The maximum atomic E-state index is 5.97. The quantitative estimate of drug-likeness (QED) is 0.714. The van der Waals surface area contributed by atoms with E-state index in [2.05, 4.69) is 20.9 Å². The Kier molecular flexibility index (Phi) is 6.12. The fourth-order valence-corrected chi connectivity index (χ4v) is 3.74. The van der Waals surface area contributed by atoms with Crippen molar-refractivity contribution in [1.29, 1.82) is 0 Å². The van der Waals surface area contributed by atoms with Gasteiger partial charge in [-0.15, -0.1) is 11.3 Å². The smallest absolute Gasteiger partial charge is 0.148 e. The number of nitrogens with one attached hydrogen (secondary N) is 1. The average Bonchev–Trinajstić information content (AvgIpc) is 3.00. The molecule has 0 amide bonds. The maximum absolute atomic E-state index is 5.97. The number of hydrogen-bond acceptors (Lipinski definition) is 7. The zero-order chi connectivity index (χ0) is 14.4. The minimum absolute atomic E-state index is 0.574. The first-order valence-corrected chi connectivity index (χ1v) is 9.67. The number of nitrogens with zero attached hydrogens (tertiary/aromatic N) is 2. The van der Waals surface area contributed by atoms with Crippen LogP contribution in [0.1, 0.15) is 24.3 Å². The second kappa shape index (κ2) is 7.85. The van der Waals surface area contributed by atoms with Crippen LogP contribution in [0.5, 0.6) is 0 Å². The SMILES string of the molecule is CSCCCCCNc1snc(N)c1-c1csc(C)n1. The van der Waals surface area contributed by atoms with Crippen LogP contribution in [0.2, 0.25) is 0 Å². The highest BCUT2D eigenvalue weighted by molar-refractivity contribution is 7.98. The van der Waals surface area contributed by atoms with Crippen molar-refractivity contribution >= 4 is 45.5 Å². The molecule has 0 atom stereocenters. The van der Waals surface area contributed by atoms with Crippen LogP contribution in [0.25, 0.3) is 11.3 Å². The Morgan fingerprint density at radius 1 is 1.35 bits per heavy atom. The molecule has 0 aliphatic heterocycles. The van der Waals surface area contributed by atoms with Gasteiger partial charge in [0.05, 0.1) is 16.3 Å². The molecule has 20 heavy (non-hydrogen) atoms. The molecule has 110 valence electrons. The molecule has 0 bridgehead atoms. The van der Waals surface area contributed by atoms with Gasteiger partial charge in [0.25, 0.3) is 0 Å². The Labute approximate surface area is 132 Å². The van der Waals surface area contributed by atoms with Gasteiger partial charge in [0.15, 0.2) is 0 Å². The van der Waals surface area contributed by atoms with E-state index in [4.69, 9.17) is 5.73 Å². The van der Waals surface area contributed by atoms with Crippen molar-refractivity contribution in [2.45, 2.75) is 26.2 Å². The van der Waals surface area contributed by atoms with Gasteiger partial charge in [0.1, 0.15) is 10.8 Å². The van der Waals surface area contributed by atoms with Crippen LogP contribution in [-0.4, -0.2) is 27.9 Å². The Bertz CT molecular complexity index is 535. The highest BCUT2D eigenvalue weighted by Gasteiger charge is 2.15. The van der Waals surface area contributed by atoms with Gasteiger partial charge in [-0.1, -0.05) is 6.42 Å². The van der Waals surface area contributed by atoms with Crippen molar-refractivity contribution < 1.29 is 0 Å². The van der Waals surface area contributed by atoms with Crippen LogP contribution in [0, 0.1) is 6.92 Å². The van der Waals surface area contributed by atoms with Crippen LogP contribution in [0.3, 0.4) is 0 Å². The summed E-state index contributed by atoms with van der Waals surface area (Å²) in [5, 5.41) is 7.58. The summed E-state index contributed by atoms with van der Waals surface area (Å²) in [5.41, 5.74) is 7.87. The van der Waals surface area contributed by atoms with E-state index >= 15 is 0 Å². The fraction of sp³-hybridized carbons (Fsp3) is 0.538. The Balaban J connectivity index is 1.92. The molecule has 2 aromatic heterocycles. The summed E-state index contributed by atoms with van der Waals surface area (Å²) in [7, 11) is 0. The van der Waals surface area contributed by atoms with E-state index in [0.29, 0.717) is 5.82 Å². The lowest BCUT2D eigenvalue weighted by molar-refractivity contribution is 0.750. The second-order valence-electron chi connectivity index (χ2n) is 4.50. The van der Waals surface area contributed by atoms with E-state index in [1.807, 2.05) is 24.1 Å². The number of unbranched alkanes of at least 4 members (excludes halogenated alkanes) is 2. The molecule has 0 aliphatic carbocycles. The maximum Gasteiger partial charge on any atom is 0.148 e. The third kappa shape index (κ3) is 4.10. The third-order valence-electron chi connectivity index (χ3n) is 2.90. The largest absolute Gasteiger partial charge is 0.382 e. The lowest BCUT2D eigenvalue weighted by atomic mass is 10.2. The van der Waals surface area contributed by atoms with E-state index in [9.17, 15) is 0 Å². The molecule has 0 radical (unpaired) electrons. The molecular weight excluding hydrogens is 308 g/mol. The van der Waals surface area contributed by atoms with Gasteiger partial charge in [-0.2, -0.15) is 16.1 Å². The molecule has 0 aromatic carbocycles. The number of hydrogen-bond donors (Lipinski definition) is 2. The van der Waals surface area contributed by atoms with E-state index in [-0.39, 0.29) is 0 Å². The predicted octanol–water partition coefficient (Wildman–Crippen LogP) is 4.10. The normalized spacial score (nSPS) is 10.9. The highest BCUT2D eigenvalue weighted by atomic mass is 32.2. The van der Waals surface area contributed by atoms with Gasteiger partial charge in [-0.25, -0.2) is 4.98 Å². The van der Waals surface area contributed by atoms with Crippen molar-refractivity contribution in [3.8, 4) is 11.3 Å². The number of thiazole rings is 1. The monoisotopic (exact) mass is 328 g/mol. The Morgan fingerprint density at radius 2 is 2.20 bits per heavy atom. The molecule has 3 N–H and O–H groups in total. The minimum Gasteiger partial charge on any atom is -0.382 e. The van der Waals surface area contributed by atoms with Crippen LogP contribution in [0.4, 0.5) is 10.8 Å². The van der Waals surface area contributed by atoms with Crippen molar-refractivity contribution in [3.05, 3.63) is 10.4 Å². The molecule has 0 saturated carbocycles. The van der Waals surface area contributed by atoms with Gasteiger partial charge in [0.2, 0.25) is 0 Å². The molecule has 7 heteroatoms. The van der Waals surface area contributed by atoms with Gasteiger partial charge in [-0.3, -0.25) is 0 Å². The van der Waals surface area contributed by atoms with Crippen LogP contribution < -0.4 is 11.1 Å². The molecule has 0 spiro atoms. The highest BCUT2D eigenvalue weighted by Crippen LogP contribution is 2.37. The summed E-state index contributed by atoms with van der Waals surface area (Å²) in [6.07, 6.45) is 5.87. The van der Waals surface area contributed by atoms with Gasteiger partial charge >= 0.3 is 0 Å². The summed E-state index contributed by atoms with van der Waals surface area (Å²) in [5.74, 6) is 1.82. The number of rotatable bonds is 8. The first kappa shape index (κ1) is 15.6. The Morgan fingerprint density at radius 3 is 2.90 bits per heavy atom. The van der Waals surface area contributed by atoms with Crippen molar-refractivity contribution in [3.63, 3.8) is 0 Å². The standard InChI is InChI=1S/C13H20N4S3/c1-9-16-10(8-19-9)11-12(14)17-20-13(11)15-6-4-3-5-7-18-2/h8,15H,3-7H2,1-2H3,(H2,14,17). The number of aromatic nitrogens is 2. The minimum atomic E-state index is 0.574. The molecule has 0 fully saturated rings. The number of aryl methyl sites for hydroxylation is 1. The zero-order valence-corrected chi connectivity index (χ0v) is 14.3. The lowest BCUT2D eigenvalue weighted by Gasteiger charge is -2.05. The summed E-state index contributed by atoms with van der Waals surface area (Å²) >= 11 is 4.97. The average molecular weight is 329 g/mol. The topological polar surface area (TPSA) is 63.8 Å². The number of thioether (sulfide) groups is 1. The molecule has 0 unspecified atom stereocenters. The molecule has 4 nitrogen and oxygen atoms in total. The molecule has 0 saturated heterocycles. The van der Waals surface area contributed by atoms with Crippen LogP contribution in [-0.2, 0) is 0 Å². The molecule has 2 heterocycles. The number of anilines is 2. The van der Waals surface area contributed by atoms with Crippen LogP contribution in [0.15, 0.2) is 5.38 Å². The predicted molar refractivity (Wildman–Crippen MR) is 93.1 cm³/mol. The first-order chi connectivity index (χ1) is 9.72. The van der Waals surface area contributed by atoms with Crippen molar-refractivity contribution in [2.75, 3.05) is 29.6 Å². The van der Waals surface area contributed by atoms with Gasteiger partial charge in [0, 0.05) is 11.9 Å². The van der Waals surface area contributed by atoms with Gasteiger partial charge < -0.3 is 11.1 Å². The summed E-state index contributed by atoms with van der Waals surface area (Å²) < 4.78 is 4.25. The lowest BCUT2D eigenvalue weighted by Crippen LogP contribution is -2.01. The van der Waals surface area contributed by atoms with E-state index in [0.717, 1.165) is 27.8 Å². The molecule has 2 aromatic rings. The second-order valence-corrected chi connectivity index (χ2v) is 7.33. The first-order valence-electron chi connectivity index (χ1n) is 6.63. The van der Waals surface area contributed by atoms with Crippen molar-refractivity contribution in [1.82, 2.24) is 9.36 Å². The zero-order valence-electron chi connectivity index (χ0n) is 11.8. The molecule has 2 rings (SSSR count). The van der Waals surface area contributed by atoms with E-state index in [1.165, 1.54) is 36.5 Å². The summed E-state index contributed by atoms with van der Waals surface area (Å²) in [4.78, 5) is 4.51. The van der Waals surface area contributed by atoms with Crippen LogP contribution >= 0.6 is 34.6 Å². The summed E-state index contributed by atoms with van der Waals surface area (Å²) in [6, 6.07) is 0. The van der Waals surface area contributed by atoms with Crippen molar-refractivity contribution in [2.24, 2.45) is 0 Å². The number of nitrogen functional groups attached to an aromatic ring is 1. The van der Waals surface area contributed by atoms with Gasteiger partial charge in [-0.05, 0) is 43.3 Å². The summed E-state index contributed by atoms with van der Waals surface area (Å²) in [6.45, 7) is 2.97. The van der Waals surface area contributed by atoms with E-state index in [1.54, 1.807) is 11.3 Å². The number of nitrogens with two attached hydrogens (primary N) is 1. The molecular formula is C13H20N4S3. The molecule has 0 aliphatic rings.